The topological polar surface area (TPSA) is 172 Å². The van der Waals surface area contributed by atoms with Crippen LogP contribution in [-0.2, 0) is 0 Å². The van der Waals surface area contributed by atoms with Crippen molar-refractivity contribution in [2.75, 3.05) is 12.8 Å². The van der Waals surface area contributed by atoms with Crippen LogP contribution in [-0.4, -0.2) is 34.5 Å². The number of nitrogens with one attached hydrogen (secondary N) is 1. The summed E-state index contributed by atoms with van der Waals surface area (Å²) in [5.41, 5.74) is 7.67. The molecule has 0 aliphatic carbocycles. The van der Waals surface area contributed by atoms with Crippen molar-refractivity contribution in [2.24, 2.45) is 5.10 Å². The first kappa shape index (κ1) is 17.6. The Morgan fingerprint density at radius 3 is 2.85 bits per heavy atom. The highest BCUT2D eigenvalue weighted by Crippen LogP contribution is 2.34. The molecule has 3 rings (SSSR count). The zero-order chi connectivity index (χ0) is 19.4. The minimum absolute atomic E-state index is 0.108. The quantitative estimate of drug-likeness (QED) is 0.370. The number of methoxy groups -OCH3 is 1. The molecule has 1 aromatic carbocycles. The number of carbonyl (C=O) groups excluding carboxylic acids is 1. The van der Waals surface area contributed by atoms with Crippen LogP contribution >= 0.6 is 0 Å². The van der Waals surface area contributed by atoms with Crippen LogP contribution < -0.4 is 15.9 Å². The zero-order valence-corrected chi connectivity index (χ0v) is 13.8. The van der Waals surface area contributed by atoms with Crippen LogP contribution in [0.3, 0.4) is 0 Å². The molecule has 0 saturated carbocycles. The number of nitrogens with zero attached hydrogens (tertiary/aromatic N) is 4. The lowest BCUT2D eigenvalue weighted by atomic mass is 10.1. The van der Waals surface area contributed by atoms with E-state index in [9.17, 15) is 14.9 Å². The fourth-order valence-corrected chi connectivity index (χ4v) is 2.13. The Morgan fingerprint density at radius 2 is 2.19 bits per heavy atom. The molecule has 0 fully saturated rings. The molecule has 12 heteroatoms. The summed E-state index contributed by atoms with van der Waals surface area (Å²) >= 11 is 0. The number of benzene rings is 1. The molecular weight excluding hydrogens is 360 g/mol. The summed E-state index contributed by atoms with van der Waals surface area (Å²) in [5, 5.41) is 21.3. The monoisotopic (exact) mass is 372 g/mol. The highest BCUT2D eigenvalue weighted by molar-refractivity contribution is 5.96. The number of hydrogen-bond acceptors (Lipinski definition) is 10. The smallest absolute Gasteiger partial charge is 0.297 e. The van der Waals surface area contributed by atoms with Crippen LogP contribution in [0.25, 0.3) is 11.3 Å². The maximum Gasteiger partial charge on any atom is 0.297 e. The number of non-ortho nitro benzene ring substituents is 1. The van der Waals surface area contributed by atoms with Crippen LogP contribution in [0, 0.1) is 10.1 Å². The molecule has 27 heavy (non-hydrogen) atoms. The van der Waals surface area contributed by atoms with Gasteiger partial charge < -0.3 is 14.9 Å². The number of ether oxygens (including phenoxy) is 1. The Bertz CT molecular complexity index is 1020. The fourth-order valence-electron chi connectivity index (χ4n) is 2.13. The summed E-state index contributed by atoms with van der Waals surface area (Å²) in [5.74, 6) is 0.136. The molecule has 138 valence electrons. The predicted octanol–water partition coefficient (Wildman–Crippen LogP) is 1.59. The van der Waals surface area contributed by atoms with Gasteiger partial charge >= 0.3 is 0 Å². The van der Waals surface area contributed by atoms with Crippen LogP contribution in [0.5, 0.6) is 5.75 Å². The van der Waals surface area contributed by atoms with E-state index in [1.807, 2.05) is 0 Å². The van der Waals surface area contributed by atoms with E-state index in [2.05, 4.69) is 25.5 Å². The van der Waals surface area contributed by atoms with E-state index in [4.69, 9.17) is 14.9 Å². The molecule has 0 unspecified atom stereocenters. The molecule has 0 bridgehead atoms. The van der Waals surface area contributed by atoms with Gasteiger partial charge in [-0.1, -0.05) is 0 Å². The second-order valence-electron chi connectivity index (χ2n) is 5.04. The number of anilines is 1. The van der Waals surface area contributed by atoms with Gasteiger partial charge in [0.05, 0.1) is 23.8 Å². The minimum Gasteiger partial charge on any atom is -0.496 e. The van der Waals surface area contributed by atoms with Crippen molar-refractivity contribution in [3.05, 3.63) is 51.9 Å². The average molecular weight is 372 g/mol. The lowest BCUT2D eigenvalue weighted by molar-refractivity contribution is -0.384. The summed E-state index contributed by atoms with van der Waals surface area (Å²) in [7, 11) is 1.44. The Balaban J connectivity index is 1.77. The second-order valence-corrected chi connectivity index (χ2v) is 5.04. The molecule has 0 aliphatic rings. The van der Waals surface area contributed by atoms with Crippen molar-refractivity contribution in [3.63, 3.8) is 0 Å². The van der Waals surface area contributed by atoms with Gasteiger partial charge in [-0.05, 0) is 28.5 Å². The molecular formula is C15H12N6O6. The van der Waals surface area contributed by atoms with Crippen LogP contribution in [0.1, 0.15) is 16.2 Å². The highest BCUT2D eigenvalue weighted by Gasteiger charge is 2.16. The largest absolute Gasteiger partial charge is 0.496 e. The normalized spacial score (nSPS) is 10.9. The number of amides is 1. The van der Waals surface area contributed by atoms with E-state index >= 15 is 0 Å². The van der Waals surface area contributed by atoms with Crippen molar-refractivity contribution in [3.8, 4) is 17.1 Å². The van der Waals surface area contributed by atoms with Gasteiger partial charge in [0.25, 0.3) is 11.6 Å². The first-order valence-electron chi connectivity index (χ1n) is 7.33. The third-order valence-electron chi connectivity index (χ3n) is 3.37. The van der Waals surface area contributed by atoms with Gasteiger partial charge in [0, 0.05) is 12.1 Å². The molecule has 3 N–H and O–H groups in total. The zero-order valence-electron chi connectivity index (χ0n) is 13.8. The molecule has 0 saturated heterocycles. The van der Waals surface area contributed by atoms with Gasteiger partial charge in [-0.3, -0.25) is 14.9 Å². The van der Waals surface area contributed by atoms with Crippen molar-refractivity contribution >= 4 is 23.6 Å². The summed E-state index contributed by atoms with van der Waals surface area (Å²) < 4.78 is 15.1. The van der Waals surface area contributed by atoms with E-state index in [0.717, 1.165) is 0 Å². The van der Waals surface area contributed by atoms with Crippen molar-refractivity contribution in [1.82, 2.24) is 15.7 Å². The number of nitro groups is 1. The number of nitrogens with two attached hydrogens (primary N) is 1. The molecule has 1 amide bonds. The number of nitro benzene ring substituents is 1. The summed E-state index contributed by atoms with van der Waals surface area (Å²) in [6.45, 7) is 0. The first-order valence-corrected chi connectivity index (χ1v) is 7.33. The molecule has 2 heterocycles. The lowest BCUT2D eigenvalue weighted by Crippen LogP contribution is -2.19. The van der Waals surface area contributed by atoms with Crippen LogP contribution in [0.15, 0.2) is 44.5 Å². The van der Waals surface area contributed by atoms with Gasteiger partial charge in [0.2, 0.25) is 11.5 Å². The number of hydrogen-bond donors (Lipinski definition) is 2. The third kappa shape index (κ3) is 3.73. The summed E-state index contributed by atoms with van der Waals surface area (Å²) in [6, 6.07) is 7.29. The summed E-state index contributed by atoms with van der Waals surface area (Å²) in [6.07, 6.45) is 1.23. The number of aromatic nitrogens is 2. The molecule has 0 atom stereocenters. The van der Waals surface area contributed by atoms with E-state index in [1.54, 1.807) is 12.1 Å². The van der Waals surface area contributed by atoms with Crippen molar-refractivity contribution < 1.29 is 23.5 Å². The SMILES string of the molecule is COc1ccc([N+](=O)[O-])cc1-c1ccc(/C=N\NC(=O)c2nonc2N)o1. The molecule has 2 aromatic heterocycles. The third-order valence-corrected chi connectivity index (χ3v) is 3.37. The van der Waals surface area contributed by atoms with E-state index in [0.29, 0.717) is 17.1 Å². The van der Waals surface area contributed by atoms with Crippen molar-refractivity contribution in [1.29, 1.82) is 0 Å². The molecule has 3 aromatic rings. The second kappa shape index (κ2) is 7.35. The van der Waals surface area contributed by atoms with Crippen molar-refractivity contribution in [2.45, 2.75) is 0 Å². The Kier molecular flexibility index (Phi) is 4.79. The van der Waals surface area contributed by atoms with Gasteiger partial charge in [0.15, 0.2) is 0 Å². The van der Waals surface area contributed by atoms with E-state index in [-0.39, 0.29) is 23.0 Å². The number of carbonyl (C=O) groups is 1. The number of nitrogen functional groups attached to an aromatic ring is 1. The van der Waals surface area contributed by atoms with E-state index in [1.165, 1.54) is 31.5 Å². The number of furan rings is 1. The minimum atomic E-state index is -0.711. The maximum absolute atomic E-state index is 11.8. The molecule has 0 radical (unpaired) electrons. The number of rotatable bonds is 6. The van der Waals surface area contributed by atoms with Gasteiger partial charge in [-0.15, -0.1) is 0 Å². The Labute approximate surface area is 150 Å². The summed E-state index contributed by atoms with van der Waals surface area (Å²) in [4.78, 5) is 22.2. The standard InChI is InChI=1S/C15H12N6O6/c1-25-11-4-2-8(21(23)24)6-10(11)12-5-3-9(26-12)7-17-18-15(22)13-14(16)20-27-19-13/h2-7H,1H3,(H2,16,20)(H,18,22)/b17-7-. The molecule has 12 nitrogen and oxygen atoms in total. The fraction of sp³-hybridized carbons (Fsp3) is 0.0667. The lowest BCUT2D eigenvalue weighted by Gasteiger charge is -2.05. The Morgan fingerprint density at radius 1 is 1.37 bits per heavy atom. The Hall–Kier alpha value is -4.22. The maximum atomic E-state index is 11.8. The molecule has 0 spiro atoms. The number of hydrazone groups is 1. The van der Waals surface area contributed by atoms with Crippen LogP contribution in [0.2, 0.25) is 0 Å². The van der Waals surface area contributed by atoms with Gasteiger partial charge in [-0.25, -0.2) is 10.1 Å². The average Bonchev–Trinajstić information content (AvgIpc) is 3.30. The van der Waals surface area contributed by atoms with Gasteiger partial charge in [0.1, 0.15) is 17.3 Å². The van der Waals surface area contributed by atoms with E-state index < -0.39 is 10.8 Å². The first-order chi connectivity index (χ1) is 13.0. The molecule has 0 aliphatic heterocycles. The predicted molar refractivity (Wildman–Crippen MR) is 91.1 cm³/mol. The van der Waals surface area contributed by atoms with Gasteiger partial charge in [-0.2, -0.15) is 5.10 Å². The van der Waals surface area contributed by atoms with Crippen LogP contribution in [0.4, 0.5) is 11.5 Å². The highest BCUT2D eigenvalue weighted by atomic mass is 16.6.